The zero-order valence-corrected chi connectivity index (χ0v) is 13.0. The van der Waals surface area contributed by atoms with E-state index in [1.54, 1.807) is 6.07 Å². The van der Waals surface area contributed by atoms with E-state index in [1.807, 2.05) is 41.8 Å². The molecular formula is C17H19NO3S. The molecular weight excluding hydrogens is 298 g/mol. The van der Waals surface area contributed by atoms with Gasteiger partial charge < -0.3 is 10.4 Å². The molecule has 0 saturated carbocycles. The molecule has 0 aliphatic rings. The summed E-state index contributed by atoms with van der Waals surface area (Å²) in [6.45, 7) is -0.00599. The molecule has 1 aromatic carbocycles. The minimum Gasteiger partial charge on any atom is -0.396 e. The fourth-order valence-electron chi connectivity index (χ4n) is 2.19. The van der Waals surface area contributed by atoms with Crippen LogP contribution in [0.4, 0.5) is 0 Å². The number of hydrogen-bond acceptors (Lipinski definition) is 4. The molecule has 2 N–H and O–H groups in total. The van der Waals surface area contributed by atoms with E-state index < -0.39 is 0 Å². The number of carbonyl (C=O) groups is 2. The fraction of sp³-hybridized carbons (Fsp3) is 0.294. The Morgan fingerprint density at radius 3 is 2.50 bits per heavy atom. The highest BCUT2D eigenvalue weighted by Crippen LogP contribution is 2.17. The molecule has 0 aliphatic heterocycles. The minimum atomic E-state index is -0.226. The van der Waals surface area contributed by atoms with Crippen LogP contribution < -0.4 is 5.32 Å². The van der Waals surface area contributed by atoms with Crippen LogP contribution in [0.15, 0.2) is 47.8 Å². The number of Topliss-reactive ketones (excluding diaryl/α,β-unsaturated/α-hetero) is 1. The van der Waals surface area contributed by atoms with Crippen molar-refractivity contribution in [3.63, 3.8) is 0 Å². The van der Waals surface area contributed by atoms with Crippen LogP contribution in [0.2, 0.25) is 0 Å². The molecule has 2 rings (SSSR count). The minimum absolute atomic E-state index is 0.00599. The quantitative estimate of drug-likeness (QED) is 0.736. The first-order valence-corrected chi connectivity index (χ1v) is 8.10. The first kappa shape index (κ1) is 16.4. The van der Waals surface area contributed by atoms with Crippen LogP contribution in [0.3, 0.4) is 0 Å². The summed E-state index contributed by atoms with van der Waals surface area (Å²) in [5, 5.41) is 13.9. The van der Waals surface area contributed by atoms with Crippen LogP contribution in [0.5, 0.6) is 0 Å². The van der Waals surface area contributed by atoms with E-state index in [0.717, 1.165) is 5.56 Å². The molecule has 1 heterocycles. The van der Waals surface area contributed by atoms with Crippen molar-refractivity contribution in [2.75, 3.05) is 6.61 Å². The lowest BCUT2D eigenvalue weighted by atomic mass is 10.0. The Morgan fingerprint density at radius 2 is 1.86 bits per heavy atom. The van der Waals surface area contributed by atoms with Crippen molar-refractivity contribution in [3.8, 4) is 0 Å². The summed E-state index contributed by atoms with van der Waals surface area (Å²) in [5.74, 6) is -0.184. The van der Waals surface area contributed by atoms with E-state index in [-0.39, 0.29) is 37.2 Å². The highest BCUT2D eigenvalue weighted by atomic mass is 32.1. The summed E-state index contributed by atoms with van der Waals surface area (Å²) in [4.78, 5) is 24.6. The lowest BCUT2D eigenvalue weighted by Crippen LogP contribution is -2.29. The Morgan fingerprint density at radius 1 is 1.09 bits per heavy atom. The van der Waals surface area contributed by atoms with Gasteiger partial charge in [0.25, 0.3) is 0 Å². The molecule has 1 aromatic heterocycles. The van der Waals surface area contributed by atoms with Gasteiger partial charge in [0.15, 0.2) is 5.78 Å². The number of rotatable bonds is 8. The van der Waals surface area contributed by atoms with Gasteiger partial charge in [0.05, 0.1) is 10.9 Å². The van der Waals surface area contributed by atoms with Crippen molar-refractivity contribution < 1.29 is 14.7 Å². The van der Waals surface area contributed by atoms with Gasteiger partial charge in [0.1, 0.15) is 0 Å². The SMILES string of the molecule is O=C(CCC(=O)c1cccs1)NC(CCO)c1ccccc1. The molecule has 0 saturated heterocycles. The van der Waals surface area contributed by atoms with Crippen LogP contribution in [0, 0.1) is 0 Å². The van der Waals surface area contributed by atoms with E-state index in [1.165, 1.54) is 11.3 Å². The van der Waals surface area contributed by atoms with Crippen LogP contribution >= 0.6 is 11.3 Å². The van der Waals surface area contributed by atoms with E-state index in [2.05, 4.69) is 5.32 Å². The van der Waals surface area contributed by atoms with E-state index in [9.17, 15) is 9.59 Å². The van der Waals surface area contributed by atoms with Crippen molar-refractivity contribution in [3.05, 3.63) is 58.3 Å². The predicted molar refractivity (Wildman–Crippen MR) is 86.9 cm³/mol. The van der Waals surface area contributed by atoms with Gasteiger partial charge >= 0.3 is 0 Å². The van der Waals surface area contributed by atoms with Gasteiger partial charge in [-0.05, 0) is 23.4 Å². The number of carbonyl (C=O) groups excluding carboxylic acids is 2. The molecule has 0 radical (unpaired) electrons. The van der Waals surface area contributed by atoms with Crippen molar-refractivity contribution in [2.45, 2.75) is 25.3 Å². The van der Waals surface area contributed by atoms with Crippen LogP contribution in [0.25, 0.3) is 0 Å². The highest BCUT2D eigenvalue weighted by Gasteiger charge is 2.15. The molecule has 0 spiro atoms. The number of amides is 1. The summed E-state index contributed by atoms with van der Waals surface area (Å²) < 4.78 is 0. The predicted octanol–water partition coefficient (Wildman–Crippen LogP) is 2.95. The summed E-state index contributed by atoms with van der Waals surface area (Å²) in [6, 6.07) is 12.9. The molecule has 1 amide bonds. The Kier molecular flexibility index (Phi) is 6.30. The third-order valence-electron chi connectivity index (χ3n) is 3.33. The van der Waals surface area contributed by atoms with Crippen molar-refractivity contribution >= 4 is 23.0 Å². The Labute approximate surface area is 133 Å². The van der Waals surface area contributed by atoms with Gasteiger partial charge in [0, 0.05) is 19.4 Å². The Balaban J connectivity index is 1.87. The molecule has 116 valence electrons. The molecule has 1 atom stereocenters. The lowest BCUT2D eigenvalue weighted by Gasteiger charge is -2.18. The number of ketones is 1. The molecule has 5 heteroatoms. The first-order chi connectivity index (χ1) is 10.7. The van der Waals surface area contributed by atoms with Gasteiger partial charge in [-0.15, -0.1) is 11.3 Å². The molecule has 4 nitrogen and oxygen atoms in total. The molecule has 0 fully saturated rings. The second-order valence-electron chi connectivity index (χ2n) is 4.94. The highest BCUT2D eigenvalue weighted by molar-refractivity contribution is 7.12. The van der Waals surface area contributed by atoms with E-state index in [4.69, 9.17) is 5.11 Å². The first-order valence-electron chi connectivity index (χ1n) is 7.22. The molecule has 22 heavy (non-hydrogen) atoms. The van der Waals surface area contributed by atoms with E-state index >= 15 is 0 Å². The maximum Gasteiger partial charge on any atom is 0.220 e. The number of aliphatic hydroxyl groups excluding tert-OH is 1. The standard InChI is InChI=1S/C17H19NO3S/c19-11-10-14(13-5-2-1-3-6-13)18-17(21)9-8-15(20)16-7-4-12-22-16/h1-7,12,14,19H,8-11H2,(H,18,21). The van der Waals surface area contributed by atoms with Crippen LogP contribution in [0.1, 0.15) is 40.5 Å². The average molecular weight is 317 g/mol. The van der Waals surface area contributed by atoms with Gasteiger partial charge in [-0.1, -0.05) is 36.4 Å². The molecule has 0 aliphatic carbocycles. The lowest BCUT2D eigenvalue weighted by molar-refractivity contribution is -0.121. The third-order valence-corrected chi connectivity index (χ3v) is 4.24. The fourth-order valence-corrected chi connectivity index (χ4v) is 2.88. The van der Waals surface area contributed by atoms with Crippen molar-refractivity contribution in [2.24, 2.45) is 0 Å². The van der Waals surface area contributed by atoms with Gasteiger partial charge in [-0.2, -0.15) is 0 Å². The number of benzene rings is 1. The maximum atomic E-state index is 12.0. The largest absolute Gasteiger partial charge is 0.396 e. The smallest absolute Gasteiger partial charge is 0.220 e. The van der Waals surface area contributed by atoms with Crippen LogP contribution in [-0.4, -0.2) is 23.4 Å². The molecule has 1 unspecified atom stereocenters. The zero-order chi connectivity index (χ0) is 15.8. The number of aliphatic hydroxyl groups is 1. The number of hydrogen-bond donors (Lipinski definition) is 2. The van der Waals surface area contributed by atoms with Crippen LogP contribution in [-0.2, 0) is 4.79 Å². The molecule has 2 aromatic rings. The van der Waals surface area contributed by atoms with Crippen molar-refractivity contribution in [1.29, 1.82) is 0 Å². The third kappa shape index (κ3) is 4.79. The van der Waals surface area contributed by atoms with Gasteiger partial charge in [-0.25, -0.2) is 0 Å². The average Bonchev–Trinajstić information content (AvgIpc) is 3.07. The number of thiophene rings is 1. The second kappa shape index (κ2) is 8.46. The monoisotopic (exact) mass is 317 g/mol. The summed E-state index contributed by atoms with van der Waals surface area (Å²) in [6.07, 6.45) is 0.813. The summed E-state index contributed by atoms with van der Waals surface area (Å²) >= 11 is 1.39. The van der Waals surface area contributed by atoms with E-state index in [0.29, 0.717) is 11.3 Å². The van der Waals surface area contributed by atoms with Gasteiger partial charge in [-0.3, -0.25) is 9.59 Å². The van der Waals surface area contributed by atoms with Gasteiger partial charge in [0.2, 0.25) is 5.91 Å². The second-order valence-corrected chi connectivity index (χ2v) is 5.89. The maximum absolute atomic E-state index is 12.0. The Bertz CT molecular complexity index is 596. The molecule has 0 bridgehead atoms. The zero-order valence-electron chi connectivity index (χ0n) is 12.2. The summed E-state index contributed by atoms with van der Waals surface area (Å²) in [5.41, 5.74) is 0.953. The number of nitrogens with one attached hydrogen (secondary N) is 1. The Hall–Kier alpha value is -1.98. The van der Waals surface area contributed by atoms with Crippen molar-refractivity contribution in [1.82, 2.24) is 5.32 Å². The normalized spacial score (nSPS) is 11.9. The topological polar surface area (TPSA) is 66.4 Å². The summed E-state index contributed by atoms with van der Waals surface area (Å²) in [7, 11) is 0.